The third kappa shape index (κ3) is 4.38. The number of carbonyl (C=O) groups is 2. The van der Waals surface area contributed by atoms with E-state index in [-0.39, 0.29) is 29.4 Å². The van der Waals surface area contributed by atoms with E-state index in [1.54, 1.807) is 12.1 Å². The second-order valence-corrected chi connectivity index (χ2v) is 6.00. The quantitative estimate of drug-likeness (QED) is 0.664. The number of carboxylic acid groups (broad SMARTS) is 1. The summed E-state index contributed by atoms with van der Waals surface area (Å²) in [6.45, 7) is 2.02. The van der Waals surface area contributed by atoms with Crippen molar-refractivity contribution in [3.8, 4) is 0 Å². The minimum Gasteiger partial charge on any atom is -0.478 e. The molecule has 0 spiro atoms. The van der Waals surface area contributed by atoms with Gasteiger partial charge in [-0.25, -0.2) is 4.79 Å². The molecule has 0 aliphatic carbocycles. The molecule has 0 aliphatic rings. The van der Waals surface area contributed by atoms with E-state index in [4.69, 9.17) is 4.52 Å². The number of hydrogen-bond donors (Lipinski definition) is 2. The van der Waals surface area contributed by atoms with Crippen molar-refractivity contribution in [3.05, 3.63) is 77.4 Å². The molecule has 1 amide bonds. The zero-order valence-electron chi connectivity index (χ0n) is 14.8. The van der Waals surface area contributed by atoms with Crippen LogP contribution in [0.4, 0.5) is 5.69 Å². The molecule has 2 N–H and O–H groups in total. The zero-order chi connectivity index (χ0) is 19.2. The summed E-state index contributed by atoms with van der Waals surface area (Å²) >= 11 is 0. The Morgan fingerprint density at radius 3 is 2.52 bits per heavy atom. The first kappa shape index (κ1) is 18.3. The molecule has 2 aromatic carbocycles. The Bertz CT molecular complexity index is 937. The molecule has 0 radical (unpaired) electrons. The minimum absolute atomic E-state index is 0.0229. The van der Waals surface area contributed by atoms with E-state index in [0.717, 1.165) is 12.0 Å². The molecular weight excluding hydrogens is 346 g/mol. The van der Waals surface area contributed by atoms with Crippen molar-refractivity contribution in [1.29, 1.82) is 0 Å². The maximum Gasteiger partial charge on any atom is 0.337 e. The number of nitrogens with zero attached hydrogens (tertiary/aromatic N) is 2. The van der Waals surface area contributed by atoms with Crippen LogP contribution in [0, 0.1) is 0 Å². The van der Waals surface area contributed by atoms with Crippen LogP contribution in [-0.4, -0.2) is 27.1 Å². The number of amides is 1. The molecule has 7 heteroatoms. The monoisotopic (exact) mass is 365 g/mol. The van der Waals surface area contributed by atoms with Gasteiger partial charge in [0, 0.05) is 0 Å². The molecule has 1 aromatic heterocycles. The maximum atomic E-state index is 12.2. The van der Waals surface area contributed by atoms with Crippen molar-refractivity contribution in [2.24, 2.45) is 0 Å². The summed E-state index contributed by atoms with van der Waals surface area (Å²) in [6, 6.07) is 16.0. The zero-order valence-corrected chi connectivity index (χ0v) is 14.8. The standard InChI is InChI=1S/C20H19N3O4/c1-2-14(13-8-4-3-5-9-13)19-22-17(23-27-19)12-18(24)21-16-11-7-6-10-15(16)20(25)26/h3-11,14H,2,12H2,1H3,(H,21,24)(H,25,26). The van der Waals surface area contributed by atoms with Crippen LogP contribution in [0.5, 0.6) is 0 Å². The van der Waals surface area contributed by atoms with Gasteiger partial charge in [0.1, 0.15) is 0 Å². The molecule has 0 saturated heterocycles. The lowest BCUT2D eigenvalue weighted by molar-refractivity contribution is -0.115. The van der Waals surface area contributed by atoms with Crippen LogP contribution in [0.25, 0.3) is 0 Å². The van der Waals surface area contributed by atoms with Gasteiger partial charge in [0.2, 0.25) is 11.8 Å². The minimum atomic E-state index is -1.11. The Morgan fingerprint density at radius 1 is 1.11 bits per heavy atom. The Hall–Kier alpha value is -3.48. The molecule has 7 nitrogen and oxygen atoms in total. The number of carboxylic acids is 1. The highest BCUT2D eigenvalue weighted by atomic mass is 16.5. The highest BCUT2D eigenvalue weighted by Crippen LogP contribution is 2.26. The number of carbonyl (C=O) groups excluding carboxylic acids is 1. The molecule has 3 aromatic rings. The molecule has 3 rings (SSSR count). The van der Waals surface area contributed by atoms with Crippen LogP contribution in [0.2, 0.25) is 0 Å². The fraction of sp³-hybridized carbons (Fsp3) is 0.200. The summed E-state index contributed by atoms with van der Waals surface area (Å²) < 4.78 is 5.35. The van der Waals surface area contributed by atoms with Gasteiger partial charge in [0.15, 0.2) is 5.82 Å². The molecule has 0 aliphatic heterocycles. The Morgan fingerprint density at radius 2 is 1.81 bits per heavy atom. The molecule has 0 bridgehead atoms. The first-order valence-corrected chi connectivity index (χ1v) is 8.58. The second-order valence-electron chi connectivity index (χ2n) is 6.00. The SMILES string of the molecule is CCC(c1ccccc1)c1nc(CC(=O)Nc2ccccc2C(=O)O)no1. The van der Waals surface area contributed by atoms with Crippen molar-refractivity contribution in [2.45, 2.75) is 25.7 Å². The predicted molar refractivity (Wildman–Crippen MR) is 98.6 cm³/mol. The summed E-state index contributed by atoms with van der Waals surface area (Å²) in [6.07, 6.45) is 0.673. The lowest BCUT2D eigenvalue weighted by atomic mass is 9.96. The van der Waals surface area contributed by atoms with Gasteiger partial charge in [0.05, 0.1) is 23.6 Å². The normalized spacial score (nSPS) is 11.7. The van der Waals surface area contributed by atoms with E-state index in [0.29, 0.717) is 5.89 Å². The number of anilines is 1. The first-order chi connectivity index (χ1) is 13.1. The Balaban J connectivity index is 1.71. The molecule has 27 heavy (non-hydrogen) atoms. The summed E-state index contributed by atoms with van der Waals surface area (Å²) in [5.74, 6) is -0.851. The van der Waals surface area contributed by atoms with Gasteiger partial charge in [-0.15, -0.1) is 0 Å². The summed E-state index contributed by atoms with van der Waals surface area (Å²) in [4.78, 5) is 27.8. The largest absolute Gasteiger partial charge is 0.478 e. The summed E-state index contributed by atoms with van der Waals surface area (Å²) in [5.41, 5.74) is 1.32. The molecule has 138 valence electrons. The highest BCUT2D eigenvalue weighted by Gasteiger charge is 2.20. The van der Waals surface area contributed by atoms with Crippen LogP contribution in [-0.2, 0) is 11.2 Å². The van der Waals surface area contributed by atoms with Crippen molar-refractivity contribution < 1.29 is 19.2 Å². The smallest absolute Gasteiger partial charge is 0.337 e. The third-order valence-corrected chi connectivity index (χ3v) is 4.14. The van der Waals surface area contributed by atoms with Crippen molar-refractivity contribution in [1.82, 2.24) is 10.1 Å². The topological polar surface area (TPSA) is 105 Å². The number of aromatic nitrogens is 2. The number of aromatic carboxylic acids is 1. The average molecular weight is 365 g/mol. The highest BCUT2D eigenvalue weighted by molar-refractivity contribution is 6.00. The van der Waals surface area contributed by atoms with E-state index in [2.05, 4.69) is 15.5 Å². The Labute approximate surface area is 156 Å². The van der Waals surface area contributed by atoms with Crippen LogP contribution in [0.3, 0.4) is 0 Å². The van der Waals surface area contributed by atoms with Crippen molar-refractivity contribution >= 4 is 17.6 Å². The van der Waals surface area contributed by atoms with Gasteiger partial charge in [-0.05, 0) is 24.1 Å². The van der Waals surface area contributed by atoms with E-state index in [1.165, 1.54) is 12.1 Å². The lowest BCUT2D eigenvalue weighted by Crippen LogP contribution is -2.17. The van der Waals surface area contributed by atoms with E-state index >= 15 is 0 Å². The molecule has 0 saturated carbocycles. The van der Waals surface area contributed by atoms with Gasteiger partial charge in [-0.1, -0.05) is 54.5 Å². The van der Waals surface area contributed by atoms with Crippen LogP contribution < -0.4 is 5.32 Å². The first-order valence-electron chi connectivity index (χ1n) is 8.58. The molecule has 1 unspecified atom stereocenters. The number of hydrogen-bond acceptors (Lipinski definition) is 5. The van der Waals surface area contributed by atoms with Crippen LogP contribution in [0.15, 0.2) is 59.1 Å². The van der Waals surface area contributed by atoms with E-state index in [9.17, 15) is 14.7 Å². The van der Waals surface area contributed by atoms with Gasteiger partial charge < -0.3 is 14.9 Å². The number of para-hydroxylation sites is 1. The third-order valence-electron chi connectivity index (χ3n) is 4.14. The van der Waals surface area contributed by atoms with Gasteiger partial charge in [0.25, 0.3) is 0 Å². The van der Waals surface area contributed by atoms with Gasteiger partial charge in [-0.2, -0.15) is 4.98 Å². The van der Waals surface area contributed by atoms with Crippen LogP contribution >= 0.6 is 0 Å². The molecule has 0 fully saturated rings. The van der Waals surface area contributed by atoms with Gasteiger partial charge >= 0.3 is 5.97 Å². The lowest BCUT2D eigenvalue weighted by Gasteiger charge is -2.09. The van der Waals surface area contributed by atoms with Crippen molar-refractivity contribution in [2.75, 3.05) is 5.32 Å². The maximum absolute atomic E-state index is 12.2. The number of rotatable bonds is 7. The second kappa shape index (κ2) is 8.27. The van der Waals surface area contributed by atoms with Crippen molar-refractivity contribution in [3.63, 3.8) is 0 Å². The number of benzene rings is 2. The molecular formula is C20H19N3O4. The fourth-order valence-electron chi connectivity index (χ4n) is 2.84. The van der Waals surface area contributed by atoms with E-state index < -0.39 is 11.9 Å². The Kier molecular flexibility index (Phi) is 5.61. The average Bonchev–Trinajstić information content (AvgIpc) is 3.11. The van der Waals surface area contributed by atoms with Gasteiger partial charge in [-0.3, -0.25) is 4.79 Å². The fourth-order valence-corrected chi connectivity index (χ4v) is 2.84. The summed E-state index contributed by atoms with van der Waals surface area (Å²) in [5, 5.41) is 15.6. The number of nitrogens with one attached hydrogen (secondary N) is 1. The van der Waals surface area contributed by atoms with E-state index in [1.807, 2.05) is 37.3 Å². The molecule has 1 heterocycles. The molecule has 1 atom stereocenters. The van der Waals surface area contributed by atoms with Crippen LogP contribution in [0.1, 0.15) is 46.9 Å². The predicted octanol–water partition coefficient (Wildman–Crippen LogP) is 3.49. The summed E-state index contributed by atoms with van der Waals surface area (Å²) in [7, 11) is 0.